The molecule has 1 fully saturated rings. The molecule has 1 aromatic carbocycles. The number of hydrogen-bond donors (Lipinski definition) is 1. The van der Waals surface area contributed by atoms with Gasteiger partial charge in [-0.05, 0) is 59.5 Å². The highest BCUT2D eigenvalue weighted by Crippen LogP contribution is 2.44. The smallest absolute Gasteiger partial charge is 0.263 e. The topological polar surface area (TPSA) is 44.7 Å². The second kappa shape index (κ2) is 10.9. The lowest BCUT2D eigenvalue weighted by Crippen LogP contribution is -2.61. The van der Waals surface area contributed by atoms with Crippen molar-refractivity contribution in [3.8, 4) is 0 Å². The summed E-state index contributed by atoms with van der Waals surface area (Å²) in [5.41, 5.74) is 4.49. The van der Waals surface area contributed by atoms with Crippen LogP contribution in [0, 0.1) is 5.92 Å². The second-order valence-electron chi connectivity index (χ2n) is 8.17. The summed E-state index contributed by atoms with van der Waals surface area (Å²) in [5.74, 6) is -0.209. The van der Waals surface area contributed by atoms with E-state index in [0.717, 1.165) is 41.0 Å². The van der Waals surface area contributed by atoms with Crippen LogP contribution in [-0.4, -0.2) is 36.3 Å². The third kappa shape index (κ3) is 5.50. The van der Waals surface area contributed by atoms with Crippen molar-refractivity contribution in [2.24, 2.45) is 11.0 Å². The molecular weight excluding hydrogens is 531 g/mol. The van der Waals surface area contributed by atoms with Gasteiger partial charge in [0.2, 0.25) is 0 Å². The Morgan fingerprint density at radius 1 is 1.22 bits per heavy atom. The van der Waals surface area contributed by atoms with Gasteiger partial charge in [-0.3, -0.25) is 9.80 Å². The molecule has 0 spiro atoms. The van der Waals surface area contributed by atoms with Crippen LogP contribution in [0.25, 0.3) is 0 Å². The van der Waals surface area contributed by atoms with Gasteiger partial charge < -0.3 is 0 Å². The van der Waals surface area contributed by atoms with Crippen molar-refractivity contribution < 1.29 is 9.39 Å². The zero-order chi connectivity index (χ0) is 23.5. The first kappa shape index (κ1) is 25.5. The highest BCUT2D eigenvalue weighted by atomic mass is 79.9. The van der Waals surface area contributed by atoms with E-state index in [1.54, 1.807) is 23.5 Å². The van der Waals surface area contributed by atoms with Crippen LogP contribution in [-0.2, 0) is 4.79 Å². The number of nitrogens with one attached hydrogen (secondary N) is 1. The standard InChI is InChI=1S/C21H23BrCl2N4OS.C2H6/c1-13-19(21(29)26-28(2)8-4-3-5-9-28)25-27(17-7-6-15(23)11-16(17)24)20(13)18-10-14(22)12-30-18;1-2/h6-7,10-13,20H,3-5,8-9H2,1-2H3;1-2H3/p+1/t13?,20-;/m0./s1. The van der Waals surface area contributed by atoms with E-state index in [4.69, 9.17) is 28.3 Å². The van der Waals surface area contributed by atoms with E-state index >= 15 is 0 Å². The van der Waals surface area contributed by atoms with Gasteiger partial charge in [-0.1, -0.05) is 44.0 Å². The number of quaternary nitrogens is 1. The minimum Gasteiger partial charge on any atom is -0.263 e. The number of rotatable bonds is 4. The molecule has 0 saturated carbocycles. The largest absolute Gasteiger partial charge is 0.312 e. The number of piperidine rings is 1. The summed E-state index contributed by atoms with van der Waals surface area (Å²) < 4.78 is 1.57. The van der Waals surface area contributed by atoms with E-state index in [2.05, 4.69) is 41.4 Å². The number of anilines is 1. The maximum absolute atomic E-state index is 13.3. The maximum Gasteiger partial charge on any atom is 0.312 e. The number of likely N-dealkylation sites (tertiary alicyclic amines) is 1. The van der Waals surface area contributed by atoms with Gasteiger partial charge >= 0.3 is 5.91 Å². The van der Waals surface area contributed by atoms with Crippen molar-refractivity contribution in [3.05, 3.63) is 49.0 Å². The first-order valence-electron chi connectivity index (χ1n) is 11.0. The Bertz CT molecular complexity index is 990. The minimum atomic E-state index is -0.118. The Labute approximate surface area is 213 Å². The van der Waals surface area contributed by atoms with Crippen LogP contribution in [0.2, 0.25) is 10.0 Å². The molecule has 0 aliphatic carbocycles. The number of nitrogens with zero attached hydrogens (tertiary/aromatic N) is 3. The van der Waals surface area contributed by atoms with E-state index < -0.39 is 0 Å². The van der Waals surface area contributed by atoms with Gasteiger partial charge in [0.05, 0.1) is 23.8 Å². The fourth-order valence-corrected chi connectivity index (χ4v) is 6.36. The summed E-state index contributed by atoms with van der Waals surface area (Å²) in [7, 11) is 2.08. The molecule has 2 aromatic rings. The van der Waals surface area contributed by atoms with Crippen LogP contribution in [0.3, 0.4) is 0 Å². The van der Waals surface area contributed by atoms with Crippen LogP contribution >= 0.6 is 50.5 Å². The van der Waals surface area contributed by atoms with Crippen molar-refractivity contribution >= 4 is 67.8 Å². The third-order valence-electron chi connectivity index (χ3n) is 5.83. The Hall–Kier alpha value is -1.12. The van der Waals surface area contributed by atoms with Crippen LogP contribution < -0.4 is 10.4 Å². The van der Waals surface area contributed by atoms with Gasteiger partial charge in [-0.15, -0.1) is 11.3 Å². The lowest BCUT2D eigenvalue weighted by Gasteiger charge is -2.36. The molecule has 32 heavy (non-hydrogen) atoms. The average molecular weight is 561 g/mol. The van der Waals surface area contributed by atoms with Gasteiger partial charge in [0.15, 0.2) is 0 Å². The quantitative estimate of drug-likeness (QED) is 0.407. The Balaban J connectivity index is 0.00000141. The summed E-state index contributed by atoms with van der Waals surface area (Å²) in [4.78, 5) is 14.4. The number of thiophene rings is 1. The normalized spacial score (nSPS) is 22.1. The molecule has 0 radical (unpaired) electrons. The van der Waals surface area contributed by atoms with E-state index in [-0.39, 0.29) is 17.9 Å². The maximum atomic E-state index is 13.3. The molecule has 1 amide bonds. The predicted octanol–water partition coefficient (Wildman–Crippen LogP) is 7.06. The highest BCUT2D eigenvalue weighted by Gasteiger charge is 2.42. The van der Waals surface area contributed by atoms with Crippen LogP contribution in [0.15, 0.2) is 39.2 Å². The summed E-state index contributed by atoms with van der Waals surface area (Å²) >= 11 is 17.8. The molecule has 1 aromatic heterocycles. The second-order valence-corrected chi connectivity index (χ2v) is 10.9. The van der Waals surface area contributed by atoms with Crippen LogP contribution in [0.5, 0.6) is 0 Å². The molecule has 1 saturated heterocycles. The number of hydrogen-bond acceptors (Lipinski definition) is 4. The van der Waals surface area contributed by atoms with Crippen molar-refractivity contribution in [2.75, 3.05) is 25.1 Å². The highest BCUT2D eigenvalue weighted by molar-refractivity contribution is 9.10. The van der Waals surface area contributed by atoms with Gasteiger partial charge in [0.1, 0.15) is 18.8 Å². The first-order chi connectivity index (χ1) is 15.3. The number of amides is 1. The molecule has 0 bridgehead atoms. The minimum absolute atomic E-state index is 0.0984. The fraction of sp³-hybridized carbons (Fsp3) is 0.478. The van der Waals surface area contributed by atoms with E-state index in [1.165, 1.54) is 6.42 Å². The number of hydrazone groups is 1. The molecule has 3 heterocycles. The van der Waals surface area contributed by atoms with Crippen molar-refractivity contribution in [1.82, 2.24) is 5.43 Å². The molecule has 9 heteroatoms. The number of benzene rings is 1. The molecule has 4 rings (SSSR count). The van der Waals surface area contributed by atoms with Gasteiger partial charge in [0, 0.05) is 25.7 Å². The predicted molar refractivity (Wildman–Crippen MR) is 140 cm³/mol. The summed E-state index contributed by atoms with van der Waals surface area (Å²) in [6, 6.07) is 7.32. The van der Waals surface area contributed by atoms with Gasteiger partial charge in [-0.25, -0.2) is 4.59 Å². The molecule has 5 nitrogen and oxygen atoms in total. The van der Waals surface area contributed by atoms with E-state index in [9.17, 15) is 4.79 Å². The van der Waals surface area contributed by atoms with Gasteiger partial charge in [0.25, 0.3) is 0 Å². The van der Waals surface area contributed by atoms with Crippen LogP contribution in [0.4, 0.5) is 5.69 Å². The van der Waals surface area contributed by atoms with Crippen molar-refractivity contribution in [1.29, 1.82) is 0 Å². The Morgan fingerprint density at radius 3 is 2.50 bits per heavy atom. The number of halogens is 3. The number of carbonyl (C=O) groups is 1. The zero-order valence-electron chi connectivity index (χ0n) is 18.9. The molecule has 2 atom stereocenters. The monoisotopic (exact) mass is 559 g/mol. The number of carbonyl (C=O) groups excluding carboxylic acids is 1. The summed E-state index contributed by atoms with van der Waals surface area (Å²) in [5, 5.41) is 9.77. The van der Waals surface area contributed by atoms with Crippen molar-refractivity contribution in [2.45, 2.75) is 46.1 Å². The Kier molecular flexibility index (Phi) is 8.66. The Morgan fingerprint density at radius 2 is 1.91 bits per heavy atom. The molecule has 2 aliphatic heterocycles. The average Bonchev–Trinajstić information content (AvgIpc) is 3.32. The zero-order valence-corrected chi connectivity index (χ0v) is 22.8. The summed E-state index contributed by atoms with van der Waals surface area (Å²) in [6.07, 6.45) is 3.47. The van der Waals surface area contributed by atoms with Crippen LogP contribution in [0.1, 0.15) is 51.0 Å². The van der Waals surface area contributed by atoms with E-state index in [0.29, 0.717) is 20.3 Å². The lowest BCUT2D eigenvalue weighted by atomic mass is 9.95. The first-order valence-corrected chi connectivity index (χ1v) is 13.4. The summed E-state index contributed by atoms with van der Waals surface area (Å²) in [6.45, 7) is 7.94. The molecular formula is C23H30BrCl2N4OS+. The molecule has 1 unspecified atom stereocenters. The van der Waals surface area contributed by atoms with Crippen molar-refractivity contribution in [3.63, 3.8) is 0 Å². The molecule has 2 aliphatic rings. The van der Waals surface area contributed by atoms with E-state index in [1.807, 2.05) is 30.3 Å². The van der Waals surface area contributed by atoms with Gasteiger partial charge in [-0.2, -0.15) is 10.5 Å². The lowest BCUT2D eigenvalue weighted by molar-refractivity contribution is -0.947. The SMILES string of the molecule is CC.CC1C(C(=O)N[N+]2(C)CCCCC2)=NN(c2ccc(Cl)cc2Cl)[C@@H]1c1cc(Br)cs1. The third-order valence-corrected chi connectivity index (χ3v) is 8.13. The molecule has 174 valence electrons. The fourth-order valence-electron chi connectivity index (χ4n) is 4.23. The molecule has 1 N–H and O–H groups in total.